The molecule has 0 N–H and O–H groups in total. The molecule has 2 aromatic rings. The smallest absolute Gasteiger partial charge is 0.238 e. The van der Waals surface area contributed by atoms with E-state index in [1.165, 1.54) is 24.3 Å². The standard InChI is InChI=1S/C11H9FN2O/c1-8-2-7-11(14-13-8)15-10-5-3-9(12)4-6-10/h2-7H,1H3. The maximum absolute atomic E-state index is 12.6. The van der Waals surface area contributed by atoms with Crippen molar-refractivity contribution in [2.45, 2.75) is 6.92 Å². The molecule has 0 saturated carbocycles. The number of nitrogens with zero attached hydrogens (tertiary/aromatic N) is 2. The highest BCUT2D eigenvalue weighted by Gasteiger charge is 1.98. The molecule has 1 aromatic heterocycles. The first kappa shape index (κ1) is 9.58. The van der Waals surface area contributed by atoms with Crippen LogP contribution in [0.15, 0.2) is 36.4 Å². The second kappa shape index (κ2) is 4.04. The lowest BCUT2D eigenvalue weighted by atomic mass is 10.3. The zero-order valence-corrected chi connectivity index (χ0v) is 8.14. The van der Waals surface area contributed by atoms with E-state index >= 15 is 0 Å². The van der Waals surface area contributed by atoms with Crippen molar-refractivity contribution in [2.24, 2.45) is 0 Å². The van der Waals surface area contributed by atoms with Crippen molar-refractivity contribution in [3.63, 3.8) is 0 Å². The largest absolute Gasteiger partial charge is 0.438 e. The summed E-state index contributed by atoms with van der Waals surface area (Å²) >= 11 is 0. The summed E-state index contributed by atoms with van der Waals surface area (Å²) in [6.45, 7) is 1.84. The lowest BCUT2D eigenvalue weighted by molar-refractivity contribution is 0.453. The van der Waals surface area contributed by atoms with Crippen LogP contribution in [0.1, 0.15) is 5.69 Å². The first-order valence-electron chi connectivity index (χ1n) is 4.48. The van der Waals surface area contributed by atoms with Crippen LogP contribution in [0.4, 0.5) is 4.39 Å². The van der Waals surface area contributed by atoms with Gasteiger partial charge in [-0.1, -0.05) is 0 Å². The van der Waals surface area contributed by atoms with E-state index in [-0.39, 0.29) is 5.82 Å². The van der Waals surface area contributed by atoms with E-state index in [2.05, 4.69) is 10.2 Å². The third-order valence-electron chi connectivity index (χ3n) is 1.81. The fraction of sp³-hybridized carbons (Fsp3) is 0.0909. The molecular formula is C11H9FN2O. The van der Waals surface area contributed by atoms with Crippen molar-refractivity contribution in [1.29, 1.82) is 0 Å². The third kappa shape index (κ3) is 2.49. The lowest BCUT2D eigenvalue weighted by Gasteiger charge is -2.03. The van der Waals surface area contributed by atoms with Gasteiger partial charge >= 0.3 is 0 Å². The molecule has 0 bridgehead atoms. The first-order valence-corrected chi connectivity index (χ1v) is 4.48. The van der Waals surface area contributed by atoms with Gasteiger partial charge in [0, 0.05) is 6.07 Å². The second-order valence-electron chi connectivity index (χ2n) is 3.07. The van der Waals surface area contributed by atoms with Gasteiger partial charge in [0.05, 0.1) is 5.69 Å². The molecular weight excluding hydrogens is 195 g/mol. The SMILES string of the molecule is Cc1ccc(Oc2ccc(F)cc2)nn1. The van der Waals surface area contributed by atoms with Crippen LogP contribution in [-0.2, 0) is 0 Å². The van der Waals surface area contributed by atoms with E-state index in [0.29, 0.717) is 11.6 Å². The van der Waals surface area contributed by atoms with E-state index in [1.807, 2.05) is 6.92 Å². The number of ether oxygens (including phenoxy) is 1. The predicted molar refractivity (Wildman–Crippen MR) is 53.2 cm³/mol. The fourth-order valence-corrected chi connectivity index (χ4v) is 1.06. The molecule has 4 heteroatoms. The third-order valence-corrected chi connectivity index (χ3v) is 1.81. The molecule has 76 valence electrons. The molecule has 0 atom stereocenters. The van der Waals surface area contributed by atoms with Gasteiger partial charge < -0.3 is 4.74 Å². The van der Waals surface area contributed by atoms with Crippen LogP contribution in [-0.4, -0.2) is 10.2 Å². The van der Waals surface area contributed by atoms with Gasteiger partial charge in [-0.2, -0.15) is 5.10 Å². The number of hydrogen-bond acceptors (Lipinski definition) is 3. The zero-order valence-electron chi connectivity index (χ0n) is 8.14. The number of aryl methyl sites for hydroxylation is 1. The Balaban J connectivity index is 2.15. The molecule has 0 unspecified atom stereocenters. The molecule has 0 radical (unpaired) electrons. The van der Waals surface area contributed by atoms with Crippen LogP contribution in [0.3, 0.4) is 0 Å². The summed E-state index contributed by atoms with van der Waals surface area (Å²) in [7, 11) is 0. The monoisotopic (exact) mass is 204 g/mol. The Morgan fingerprint density at radius 2 is 1.73 bits per heavy atom. The molecule has 2 rings (SSSR count). The van der Waals surface area contributed by atoms with Crippen molar-refractivity contribution in [3.05, 3.63) is 47.9 Å². The molecule has 0 aliphatic heterocycles. The number of hydrogen-bond donors (Lipinski definition) is 0. The quantitative estimate of drug-likeness (QED) is 0.754. The van der Waals surface area contributed by atoms with E-state index in [9.17, 15) is 4.39 Å². The van der Waals surface area contributed by atoms with Crippen LogP contribution < -0.4 is 4.74 Å². The molecule has 0 fully saturated rings. The Hall–Kier alpha value is -1.97. The fourth-order valence-electron chi connectivity index (χ4n) is 1.06. The molecule has 15 heavy (non-hydrogen) atoms. The maximum Gasteiger partial charge on any atom is 0.238 e. The summed E-state index contributed by atoms with van der Waals surface area (Å²) in [4.78, 5) is 0. The van der Waals surface area contributed by atoms with E-state index in [0.717, 1.165) is 5.69 Å². The normalized spacial score (nSPS) is 10.0. The number of aromatic nitrogens is 2. The van der Waals surface area contributed by atoms with Crippen LogP contribution in [0.5, 0.6) is 11.6 Å². The summed E-state index contributed by atoms with van der Waals surface area (Å²) in [6, 6.07) is 9.25. The van der Waals surface area contributed by atoms with Crippen LogP contribution >= 0.6 is 0 Å². The van der Waals surface area contributed by atoms with Gasteiger partial charge in [-0.25, -0.2) is 4.39 Å². The molecule has 1 heterocycles. The predicted octanol–water partition coefficient (Wildman–Crippen LogP) is 2.72. The highest BCUT2D eigenvalue weighted by molar-refractivity contribution is 5.26. The minimum Gasteiger partial charge on any atom is -0.438 e. The molecule has 0 amide bonds. The van der Waals surface area contributed by atoms with Gasteiger partial charge in [0.1, 0.15) is 11.6 Å². The molecule has 0 aliphatic carbocycles. The van der Waals surface area contributed by atoms with Crippen LogP contribution in [0.2, 0.25) is 0 Å². The summed E-state index contributed by atoms with van der Waals surface area (Å²) in [5, 5.41) is 7.67. The van der Waals surface area contributed by atoms with Gasteiger partial charge in [0.15, 0.2) is 0 Å². The maximum atomic E-state index is 12.6. The average molecular weight is 204 g/mol. The molecule has 1 aromatic carbocycles. The summed E-state index contributed by atoms with van der Waals surface area (Å²) < 4.78 is 17.9. The summed E-state index contributed by atoms with van der Waals surface area (Å²) in [6.07, 6.45) is 0. The Morgan fingerprint density at radius 3 is 2.33 bits per heavy atom. The average Bonchev–Trinajstić information content (AvgIpc) is 2.25. The molecule has 0 aliphatic rings. The lowest BCUT2D eigenvalue weighted by Crippen LogP contribution is -1.91. The molecule has 0 spiro atoms. The Labute approximate surface area is 86.5 Å². The van der Waals surface area contributed by atoms with Crippen molar-refractivity contribution in [3.8, 4) is 11.6 Å². The van der Waals surface area contributed by atoms with Crippen molar-refractivity contribution in [1.82, 2.24) is 10.2 Å². The summed E-state index contributed by atoms with van der Waals surface area (Å²) in [5.74, 6) is 0.638. The van der Waals surface area contributed by atoms with Crippen molar-refractivity contribution < 1.29 is 9.13 Å². The highest BCUT2D eigenvalue weighted by Crippen LogP contribution is 2.18. The van der Waals surface area contributed by atoms with Gasteiger partial charge in [-0.3, -0.25) is 0 Å². The first-order chi connectivity index (χ1) is 7.24. The topological polar surface area (TPSA) is 35.0 Å². The van der Waals surface area contributed by atoms with Gasteiger partial charge in [0.25, 0.3) is 0 Å². The van der Waals surface area contributed by atoms with Gasteiger partial charge in [-0.05, 0) is 37.3 Å². The highest BCUT2D eigenvalue weighted by atomic mass is 19.1. The molecule has 0 saturated heterocycles. The minimum absolute atomic E-state index is 0.294. The van der Waals surface area contributed by atoms with Crippen LogP contribution in [0, 0.1) is 12.7 Å². The van der Waals surface area contributed by atoms with Gasteiger partial charge in [0.2, 0.25) is 5.88 Å². The van der Waals surface area contributed by atoms with Crippen molar-refractivity contribution >= 4 is 0 Å². The number of rotatable bonds is 2. The van der Waals surface area contributed by atoms with Crippen molar-refractivity contribution in [2.75, 3.05) is 0 Å². The zero-order chi connectivity index (χ0) is 10.7. The Kier molecular flexibility index (Phi) is 2.58. The number of benzene rings is 1. The Morgan fingerprint density at radius 1 is 1.00 bits per heavy atom. The van der Waals surface area contributed by atoms with E-state index < -0.39 is 0 Å². The van der Waals surface area contributed by atoms with E-state index in [4.69, 9.17) is 4.74 Å². The minimum atomic E-state index is -0.294. The summed E-state index contributed by atoms with van der Waals surface area (Å²) in [5.41, 5.74) is 0.821. The second-order valence-corrected chi connectivity index (χ2v) is 3.07. The van der Waals surface area contributed by atoms with Gasteiger partial charge in [-0.15, -0.1) is 5.10 Å². The van der Waals surface area contributed by atoms with E-state index in [1.54, 1.807) is 12.1 Å². The number of halogens is 1. The van der Waals surface area contributed by atoms with Crippen LogP contribution in [0.25, 0.3) is 0 Å². The Bertz CT molecular complexity index is 396. The molecule has 3 nitrogen and oxygen atoms in total.